The standard InChI is InChI=1S/CH4BPS/c1-3(2)4/h4H,1H3. The number of rotatable bonds is 0. The Morgan fingerprint density at radius 3 is 2.00 bits per heavy atom. The van der Waals surface area contributed by atoms with Gasteiger partial charge in [-0.15, -0.1) is 0 Å². The molecule has 0 nitrogen and oxygen atoms in total. The Labute approximate surface area is 33.1 Å². The third-order valence-corrected chi connectivity index (χ3v) is 0. The zero-order valence-corrected chi connectivity index (χ0v) is 4.26. The van der Waals surface area contributed by atoms with E-state index in [9.17, 15) is 0 Å². The van der Waals surface area contributed by atoms with E-state index in [2.05, 4.69) is 12.2 Å². The molecule has 0 radical (unpaired) electrons. The predicted octanol–water partition coefficient (Wildman–Crippen LogP) is 1.03. The summed E-state index contributed by atoms with van der Waals surface area (Å²) in [5.74, 6) is 0. The summed E-state index contributed by atoms with van der Waals surface area (Å²) in [7, 11) is 5.04. The van der Waals surface area contributed by atoms with E-state index in [1.807, 2.05) is 6.66 Å². The van der Waals surface area contributed by atoms with Crippen LogP contribution in [0, 0.1) is 0 Å². The monoisotopic (exact) mass is 90.0 g/mol. The van der Waals surface area contributed by atoms with Gasteiger partial charge >= 0.3 is 32.4 Å². The third-order valence-electron chi connectivity index (χ3n) is 0. The Morgan fingerprint density at radius 2 is 2.00 bits per heavy atom. The van der Waals surface area contributed by atoms with Gasteiger partial charge in [-0.3, -0.25) is 0 Å². The van der Waals surface area contributed by atoms with Crippen LogP contribution in [0.25, 0.3) is 0 Å². The van der Waals surface area contributed by atoms with Crippen LogP contribution in [-0.4, -0.2) is 13.7 Å². The molecule has 0 saturated carbocycles. The van der Waals surface area contributed by atoms with Gasteiger partial charge in [0.05, 0.1) is 0 Å². The summed E-state index contributed by atoms with van der Waals surface area (Å²) in [6.07, 6.45) is -0.426. The average Bonchev–Trinajstić information content (AvgIpc) is 0.811. The molecule has 0 heterocycles. The first kappa shape index (κ1) is 4.71. The van der Waals surface area contributed by atoms with Crippen LogP contribution in [0.1, 0.15) is 0 Å². The summed E-state index contributed by atoms with van der Waals surface area (Å²) in [4.78, 5) is 0. The quantitative estimate of drug-likeness (QED) is 0.256. The van der Waals surface area contributed by atoms with E-state index in [1.54, 1.807) is 0 Å². The van der Waals surface area contributed by atoms with Crippen molar-refractivity contribution in [1.29, 1.82) is 0 Å². The average molecular weight is 89.9 g/mol. The first-order valence-electron chi connectivity index (χ1n) is 0.905. The summed E-state index contributed by atoms with van der Waals surface area (Å²) in [5.41, 5.74) is 0. The Bertz CT molecular complexity index is 54.2. The molecule has 0 spiro atoms. The molecule has 0 aromatic rings. The van der Waals surface area contributed by atoms with Crippen LogP contribution in [-0.2, 0) is 0 Å². The molecule has 0 aliphatic heterocycles. The van der Waals surface area contributed by atoms with Crippen molar-refractivity contribution < 1.29 is 0 Å². The first-order valence-corrected chi connectivity index (χ1v) is 3.92. The Balaban J connectivity index is 3.02. The molecule has 0 saturated heterocycles. The Kier molecular flexibility index (Phi) is 2.34. The van der Waals surface area contributed by atoms with Crippen molar-refractivity contribution in [3.8, 4) is 0 Å². The molecule has 0 bridgehead atoms. The second-order valence-corrected chi connectivity index (χ2v) is 3.61. The van der Waals surface area contributed by atoms with Crippen LogP contribution >= 0.6 is 18.7 Å². The second kappa shape index (κ2) is 1.98. The summed E-state index contributed by atoms with van der Waals surface area (Å²) < 4.78 is 0. The van der Waals surface area contributed by atoms with Crippen molar-refractivity contribution in [3.05, 3.63) is 0 Å². The van der Waals surface area contributed by atoms with E-state index in [0.29, 0.717) is 0 Å². The molecular formula is CH4BPS. The molecule has 0 fully saturated rings. The zero-order chi connectivity index (χ0) is 3.58. The van der Waals surface area contributed by atoms with Crippen molar-refractivity contribution in [2.24, 2.45) is 0 Å². The molecular weight excluding hydrogens is 85.9 g/mol. The van der Waals surface area contributed by atoms with Crippen LogP contribution in [0.2, 0.25) is 0 Å². The van der Waals surface area contributed by atoms with Crippen LogP contribution in [0.3, 0.4) is 0 Å². The summed E-state index contributed by atoms with van der Waals surface area (Å²) in [6.45, 7) is 1.87. The van der Waals surface area contributed by atoms with Gasteiger partial charge in [-0.2, -0.15) is 0 Å². The predicted molar refractivity (Wildman–Crippen MR) is 27.6 cm³/mol. The molecule has 0 amide bonds. The molecule has 0 rings (SSSR count). The van der Waals surface area contributed by atoms with E-state index in [1.165, 1.54) is 0 Å². The first-order chi connectivity index (χ1) is 1.73. The fraction of sp³-hybridized carbons (Fsp3) is 1.00. The Hall–Kier alpha value is 0.715. The number of hydrogen-bond donors (Lipinski definition) is 1. The van der Waals surface area contributed by atoms with Gasteiger partial charge in [0.15, 0.2) is 0 Å². The summed E-state index contributed by atoms with van der Waals surface area (Å²) in [5, 5.41) is 0. The maximum atomic E-state index is 5.04. The van der Waals surface area contributed by atoms with E-state index in [0.717, 1.165) is 0 Å². The van der Waals surface area contributed by atoms with Crippen molar-refractivity contribution >= 4 is 25.7 Å². The third kappa shape index (κ3) is 15.6. The van der Waals surface area contributed by atoms with Gasteiger partial charge in [0, 0.05) is 0 Å². The molecule has 0 aromatic carbocycles. The van der Waals surface area contributed by atoms with Gasteiger partial charge in [-0.05, 0) is 0 Å². The van der Waals surface area contributed by atoms with Crippen molar-refractivity contribution in [1.82, 2.24) is 0 Å². The fourth-order valence-corrected chi connectivity index (χ4v) is 0. The van der Waals surface area contributed by atoms with E-state index >= 15 is 0 Å². The summed E-state index contributed by atoms with van der Waals surface area (Å²) >= 11 is 3.81. The van der Waals surface area contributed by atoms with Gasteiger partial charge in [-0.25, -0.2) is 0 Å². The molecule has 1 unspecified atom stereocenters. The van der Waals surface area contributed by atoms with Crippen LogP contribution in [0.5, 0.6) is 0 Å². The SMILES string of the molecule is B#P(C)S. The number of thiol groups is 1. The molecule has 4 heavy (non-hydrogen) atoms. The Morgan fingerprint density at radius 1 is 2.00 bits per heavy atom. The molecule has 0 N–H and O–H groups in total. The second-order valence-electron chi connectivity index (χ2n) is 0.574. The van der Waals surface area contributed by atoms with Gasteiger partial charge in [0.1, 0.15) is 0 Å². The summed E-state index contributed by atoms with van der Waals surface area (Å²) in [6, 6.07) is 0. The molecule has 1 atom stereocenters. The van der Waals surface area contributed by atoms with Gasteiger partial charge in [0.25, 0.3) is 0 Å². The molecule has 0 aliphatic carbocycles. The molecule has 0 aromatic heterocycles. The van der Waals surface area contributed by atoms with Crippen LogP contribution in [0.15, 0.2) is 0 Å². The van der Waals surface area contributed by atoms with E-state index in [4.69, 9.17) is 7.01 Å². The van der Waals surface area contributed by atoms with Crippen molar-refractivity contribution in [2.75, 3.05) is 6.66 Å². The minimum absolute atomic E-state index is 0.426. The molecule has 3 heteroatoms. The number of hydrogen-bond acceptors (Lipinski definition) is 1. The molecule has 22 valence electrons. The zero-order valence-electron chi connectivity index (χ0n) is 2.47. The van der Waals surface area contributed by atoms with E-state index < -0.39 is 6.44 Å². The maximum absolute atomic E-state index is 5.04. The normalized spacial score (nSPS) is 11.5. The fourth-order valence-electron chi connectivity index (χ4n) is 0. The van der Waals surface area contributed by atoms with Crippen molar-refractivity contribution in [3.63, 3.8) is 0 Å². The van der Waals surface area contributed by atoms with Gasteiger partial charge < -0.3 is 0 Å². The van der Waals surface area contributed by atoms with Crippen LogP contribution in [0.4, 0.5) is 0 Å². The topological polar surface area (TPSA) is 0 Å². The van der Waals surface area contributed by atoms with Gasteiger partial charge in [-0.1, -0.05) is 0 Å². The van der Waals surface area contributed by atoms with Crippen LogP contribution < -0.4 is 0 Å². The minimum atomic E-state index is -0.426. The van der Waals surface area contributed by atoms with Gasteiger partial charge in [0.2, 0.25) is 0 Å². The van der Waals surface area contributed by atoms with E-state index in [-0.39, 0.29) is 0 Å². The van der Waals surface area contributed by atoms with Crippen molar-refractivity contribution in [2.45, 2.75) is 0 Å². The molecule has 0 aliphatic rings.